The lowest BCUT2D eigenvalue weighted by Crippen LogP contribution is -2.30. The summed E-state index contributed by atoms with van der Waals surface area (Å²) in [5, 5.41) is 3.61. The Labute approximate surface area is 122 Å². The molecule has 2 unspecified atom stereocenters. The summed E-state index contributed by atoms with van der Waals surface area (Å²) in [4.78, 5) is 0. The first kappa shape index (κ1) is 15.2. The summed E-state index contributed by atoms with van der Waals surface area (Å²) in [6.45, 7) is 8.57. The Balaban J connectivity index is 2.21. The summed E-state index contributed by atoms with van der Waals surface area (Å²) in [5.74, 6) is 2.34. The second-order valence-corrected chi connectivity index (χ2v) is 5.27. The molecule has 0 radical (unpaired) electrons. The van der Waals surface area contributed by atoms with Crippen LogP contribution in [-0.2, 0) is 0 Å². The molecule has 2 rings (SSSR count). The van der Waals surface area contributed by atoms with E-state index in [9.17, 15) is 0 Å². The van der Waals surface area contributed by atoms with Gasteiger partial charge in [-0.15, -0.1) is 0 Å². The Morgan fingerprint density at radius 1 is 1.05 bits per heavy atom. The summed E-state index contributed by atoms with van der Waals surface area (Å²) in [6, 6.07) is 7.04. The van der Waals surface area contributed by atoms with Crippen LogP contribution in [0.4, 0.5) is 0 Å². The van der Waals surface area contributed by atoms with E-state index in [0.717, 1.165) is 18.0 Å². The fraction of sp³-hybridized carbons (Fsp3) is 0.647. The fourth-order valence-electron chi connectivity index (χ4n) is 3.16. The highest BCUT2D eigenvalue weighted by Gasteiger charge is 2.28. The van der Waals surface area contributed by atoms with Crippen LogP contribution in [0, 0.1) is 0 Å². The molecule has 3 heteroatoms. The third-order valence-corrected chi connectivity index (χ3v) is 3.98. The summed E-state index contributed by atoms with van der Waals surface area (Å²) < 4.78 is 11.4. The Morgan fingerprint density at radius 2 is 1.80 bits per heavy atom. The molecule has 1 N–H and O–H groups in total. The van der Waals surface area contributed by atoms with Crippen LogP contribution in [0.2, 0.25) is 0 Å². The van der Waals surface area contributed by atoms with E-state index in [1.807, 2.05) is 13.8 Å². The number of rotatable bonds is 7. The van der Waals surface area contributed by atoms with Crippen molar-refractivity contribution in [1.82, 2.24) is 5.32 Å². The highest BCUT2D eigenvalue weighted by molar-refractivity contribution is 5.44. The average molecular weight is 277 g/mol. The zero-order chi connectivity index (χ0) is 14.4. The molecular weight excluding hydrogens is 250 g/mol. The second-order valence-electron chi connectivity index (χ2n) is 5.27. The standard InChI is InChI=1S/C17H27NO2/c1-4-18-15-9-7-8-14(15)13-10-11-16(19-5-2)17(12-13)20-6-3/h10-12,14-15,18H,4-9H2,1-3H3. The first-order valence-corrected chi connectivity index (χ1v) is 7.93. The lowest BCUT2D eigenvalue weighted by atomic mass is 9.93. The largest absolute Gasteiger partial charge is 0.490 e. The van der Waals surface area contributed by atoms with Gasteiger partial charge in [0.15, 0.2) is 11.5 Å². The maximum Gasteiger partial charge on any atom is 0.161 e. The van der Waals surface area contributed by atoms with Crippen LogP contribution in [0.15, 0.2) is 18.2 Å². The molecule has 1 aliphatic rings. The minimum Gasteiger partial charge on any atom is -0.490 e. The van der Waals surface area contributed by atoms with E-state index < -0.39 is 0 Å². The molecule has 1 aromatic rings. The van der Waals surface area contributed by atoms with Crippen LogP contribution in [0.5, 0.6) is 11.5 Å². The van der Waals surface area contributed by atoms with Gasteiger partial charge in [0.1, 0.15) is 0 Å². The van der Waals surface area contributed by atoms with Gasteiger partial charge in [0.2, 0.25) is 0 Å². The molecule has 0 heterocycles. The van der Waals surface area contributed by atoms with Crippen LogP contribution in [0.1, 0.15) is 51.5 Å². The molecule has 0 aromatic heterocycles. The van der Waals surface area contributed by atoms with Gasteiger partial charge in [0.05, 0.1) is 13.2 Å². The molecule has 0 spiro atoms. The molecule has 0 saturated heterocycles. The molecule has 0 amide bonds. The minimum absolute atomic E-state index is 0.602. The van der Waals surface area contributed by atoms with Gasteiger partial charge in [0, 0.05) is 6.04 Å². The Morgan fingerprint density at radius 3 is 2.50 bits per heavy atom. The van der Waals surface area contributed by atoms with E-state index in [-0.39, 0.29) is 0 Å². The number of hydrogen-bond acceptors (Lipinski definition) is 3. The van der Waals surface area contributed by atoms with Crippen molar-refractivity contribution in [2.45, 2.75) is 52.0 Å². The molecule has 0 aliphatic heterocycles. The Hall–Kier alpha value is -1.22. The van der Waals surface area contributed by atoms with Gasteiger partial charge < -0.3 is 14.8 Å². The van der Waals surface area contributed by atoms with E-state index in [1.165, 1.54) is 24.8 Å². The van der Waals surface area contributed by atoms with Crippen molar-refractivity contribution in [3.63, 3.8) is 0 Å². The molecule has 1 fully saturated rings. The second kappa shape index (κ2) is 7.53. The molecule has 2 atom stereocenters. The number of nitrogens with one attached hydrogen (secondary N) is 1. The number of benzene rings is 1. The summed E-state index contributed by atoms with van der Waals surface area (Å²) in [5.41, 5.74) is 1.38. The lowest BCUT2D eigenvalue weighted by molar-refractivity contribution is 0.287. The van der Waals surface area contributed by atoms with Crippen molar-refractivity contribution in [3.05, 3.63) is 23.8 Å². The van der Waals surface area contributed by atoms with Gasteiger partial charge in [-0.25, -0.2) is 0 Å². The Kier molecular flexibility index (Phi) is 5.72. The minimum atomic E-state index is 0.602. The zero-order valence-corrected chi connectivity index (χ0v) is 12.9. The van der Waals surface area contributed by atoms with Crippen molar-refractivity contribution >= 4 is 0 Å². The topological polar surface area (TPSA) is 30.5 Å². The molecule has 20 heavy (non-hydrogen) atoms. The maximum absolute atomic E-state index is 5.74. The highest BCUT2D eigenvalue weighted by atomic mass is 16.5. The lowest BCUT2D eigenvalue weighted by Gasteiger charge is -2.22. The van der Waals surface area contributed by atoms with Crippen LogP contribution < -0.4 is 14.8 Å². The molecular formula is C17H27NO2. The van der Waals surface area contributed by atoms with Gasteiger partial charge in [-0.3, -0.25) is 0 Å². The molecule has 112 valence electrons. The highest BCUT2D eigenvalue weighted by Crippen LogP contribution is 2.38. The summed E-state index contributed by atoms with van der Waals surface area (Å²) >= 11 is 0. The number of likely N-dealkylation sites (N-methyl/N-ethyl adjacent to an activating group) is 1. The fourth-order valence-corrected chi connectivity index (χ4v) is 3.16. The van der Waals surface area contributed by atoms with Gasteiger partial charge >= 0.3 is 0 Å². The van der Waals surface area contributed by atoms with Crippen LogP contribution in [0.25, 0.3) is 0 Å². The molecule has 1 saturated carbocycles. The van der Waals surface area contributed by atoms with E-state index in [2.05, 4.69) is 30.4 Å². The van der Waals surface area contributed by atoms with Crippen molar-refractivity contribution in [2.24, 2.45) is 0 Å². The maximum atomic E-state index is 5.74. The predicted octanol–water partition coefficient (Wildman–Crippen LogP) is 3.73. The number of hydrogen-bond donors (Lipinski definition) is 1. The van der Waals surface area contributed by atoms with Gasteiger partial charge in [0.25, 0.3) is 0 Å². The zero-order valence-electron chi connectivity index (χ0n) is 12.9. The molecule has 0 bridgehead atoms. The van der Waals surface area contributed by atoms with Gasteiger partial charge in [-0.2, -0.15) is 0 Å². The molecule has 3 nitrogen and oxygen atoms in total. The van der Waals surface area contributed by atoms with Crippen LogP contribution >= 0.6 is 0 Å². The SMILES string of the molecule is CCNC1CCCC1c1ccc(OCC)c(OCC)c1. The summed E-state index contributed by atoms with van der Waals surface area (Å²) in [7, 11) is 0. The quantitative estimate of drug-likeness (QED) is 0.823. The third-order valence-electron chi connectivity index (χ3n) is 3.98. The van der Waals surface area contributed by atoms with E-state index in [1.54, 1.807) is 0 Å². The van der Waals surface area contributed by atoms with E-state index >= 15 is 0 Å². The van der Waals surface area contributed by atoms with E-state index in [0.29, 0.717) is 25.2 Å². The third kappa shape index (κ3) is 3.45. The Bertz CT molecular complexity index is 419. The first-order valence-electron chi connectivity index (χ1n) is 7.93. The van der Waals surface area contributed by atoms with E-state index in [4.69, 9.17) is 9.47 Å². The number of ether oxygens (including phenoxy) is 2. The average Bonchev–Trinajstić information content (AvgIpc) is 2.90. The van der Waals surface area contributed by atoms with Gasteiger partial charge in [-0.1, -0.05) is 19.4 Å². The predicted molar refractivity (Wildman–Crippen MR) is 82.8 cm³/mol. The summed E-state index contributed by atoms with van der Waals surface area (Å²) in [6.07, 6.45) is 3.84. The van der Waals surface area contributed by atoms with Crippen molar-refractivity contribution in [3.8, 4) is 11.5 Å². The van der Waals surface area contributed by atoms with Crippen molar-refractivity contribution in [1.29, 1.82) is 0 Å². The molecule has 1 aromatic carbocycles. The first-order chi connectivity index (χ1) is 9.80. The molecule has 1 aliphatic carbocycles. The van der Waals surface area contributed by atoms with Crippen LogP contribution in [0.3, 0.4) is 0 Å². The van der Waals surface area contributed by atoms with Crippen molar-refractivity contribution < 1.29 is 9.47 Å². The van der Waals surface area contributed by atoms with Crippen LogP contribution in [-0.4, -0.2) is 25.8 Å². The van der Waals surface area contributed by atoms with Gasteiger partial charge in [-0.05, 0) is 56.8 Å². The smallest absolute Gasteiger partial charge is 0.161 e. The normalized spacial score (nSPS) is 21.9. The monoisotopic (exact) mass is 277 g/mol. The van der Waals surface area contributed by atoms with Crippen molar-refractivity contribution in [2.75, 3.05) is 19.8 Å².